The Morgan fingerprint density at radius 3 is 1.57 bits per heavy atom. The van der Waals surface area contributed by atoms with Gasteiger partial charge in [-0.2, -0.15) is 0 Å². The molecule has 6 nitrogen and oxygen atoms in total. The van der Waals surface area contributed by atoms with Gasteiger partial charge in [0, 0.05) is 10.0 Å². The molecule has 0 aromatic carbocycles. The zero-order chi connectivity index (χ0) is 15.8. The Kier molecular flexibility index (Phi) is 16.0. The molecule has 0 spiro atoms. The first kappa shape index (κ1) is 20.8. The van der Waals surface area contributed by atoms with E-state index in [9.17, 15) is 4.79 Å². The molecule has 0 radical (unpaired) electrons. The van der Waals surface area contributed by atoms with Crippen LogP contribution in [-0.4, -0.2) is 69.9 Å². The lowest BCUT2D eigenvalue weighted by molar-refractivity contribution is -0.140. The van der Waals surface area contributed by atoms with Crippen molar-refractivity contribution in [1.29, 1.82) is 0 Å². The Morgan fingerprint density at radius 2 is 1.19 bits per heavy atom. The van der Waals surface area contributed by atoms with Gasteiger partial charge in [-0.25, -0.2) is 4.79 Å². The number of alkyl halides is 1. The van der Waals surface area contributed by atoms with Crippen molar-refractivity contribution in [2.75, 3.05) is 63.9 Å². The van der Waals surface area contributed by atoms with E-state index in [-0.39, 0.29) is 6.61 Å². The van der Waals surface area contributed by atoms with E-state index in [1.807, 2.05) is 0 Å². The number of hydrogen-bond donors (Lipinski definition) is 0. The van der Waals surface area contributed by atoms with Crippen molar-refractivity contribution in [3.63, 3.8) is 0 Å². The molecule has 0 bridgehead atoms. The van der Waals surface area contributed by atoms with Crippen LogP contribution in [0, 0.1) is 0 Å². The van der Waals surface area contributed by atoms with Crippen molar-refractivity contribution in [2.45, 2.75) is 6.92 Å². The summed E-state index contributed by atoms with van der Waals surface area (Å²) >= 11 is 2.26. The number of esters is 1. The number of hydrogen-bond acceptors (Lipinski definition) is 6. The molecule has 0 aromatic rings. The van der Waals surface area contributed by atoms with Crippen LogP contribution in [0.3, 0.4) is 0 Å². The molecule has 0 aliphatic carbocycles. The lowest BCUT2D eigenvalue weighted by atomic mass is 10.4. The van der Waals surface area contributed by atoms with Crippen LogP contribution in [0.4, 0.5) is 0 Å². The smallest absolute Gasteiger partial charge is 0.333 e. The Bertz CT molecular complexity index is 272. The predicted octanol–water partition coefficient (Wildman–Crippen LogP) is 1.61. The molecule has 0 aliphatic heterocycles. The summed E-state index contributed by atoms with van der Waals surface area (Å²) < 4.78 is 27.0. The summed E-state index contributed by atoms with van der Waals surface area (Å²) in [5, 5.41) is 0. The first-order chi connectivity index (χ1) is 10.2. The molecule has 0 aliphatic rings. The van der Waals surface area contributed by atoms with E-state index < -0.39 is 5.97 Å². The second-order valence-electron chi connectivity index (χ2n) is 4.05. The van der Waals surface area contributed by atoms with Gasteiger partial charge >= 0.3 is 5.97 Å². The van der Waals surface area contributed by atoms with Gasteiger partial charge in [0.25, 0.3) is 0 Å². The van der Waals surface area contributed by atoms with Gasteiger partial charge in [0.15, 0.2) is 0 Å². The third kappa shape index (κ3) is 16.0. The van der Waals surface area contributed by atoms with E-state index in [2.05, 4.69) is 29.2 Å². The highest BCUT2D eigenvalue weighted by molar-refractivity contribution is 14.1. The van der Waals surface area contributed by atoms with Crippen LogP contribution < -0.4 is 0 Å². The van der Waals surface area contributed by atoms with Crippen LogP contribution in [0.15, 0.2) is 12.2 Å². The molecule has 0 saturated carbocycles. The molecule has 0 N–H and O–H groups in total. The van der Waals surface area contributed by atoms with Crippen LogP contribution in [0.2, 0.25) is 0 Å². The van der Waals surface area contributed by atoms with Crippen LogP contribution in [-0.2, 0) is 28.5 Å². The van der Waals surface area contributed by atoms with Gasteiger partial charge in [0.1, 0.15) is 6.61 Å². The van der Waals surface area contributed by atoms with E-state index >= 15 is 0 Å². The van der Waals surface area contributed by atoms with Crippen molar-refractivity contribution in [2.24, 2.45) is 0 Å². The van der Waals surface area contributed by atoms with Crippen molar-refractivity contribution < 1.29 is 28.5 Å². The van der Waals surface area contributed by atoms with Crippen LogP contribution in [0.1, 0.15) is 6.92 Å². The monoisotopic (exact) mass is 416 g/mol. The first-order valence-electron chi connectivity index (χ1n) is 6.88. The third-order valence-corrected chi connectivity index (χ3v) is 2.59. The molecule has 0 atom stereocenters. The van der Waals surface area contributed by atoms with Crippen LogP contribution >= 0.6 is 22.6 Å². The summed E-state index contributed by atoms with van der Waals surface area (Å²) in [6.07, 6.45) is 0. The number of halogens is 1. The number of ether oxygens (including phenoxy) is 5. The van der Waals surface area contributed by atoms with Gasteiger partial charge in [-0.1, -0.05) is 29.2 Å². The summed E-state index contributed by atoms with van der Waals surface area (Å²) in [6, 6.07) is 0. The lowest BCUT2D eigenvalue weighted by Gasteiger charge is -2.07. The fourth-order valence-electron chi connectivity index (χ4n) is 1.13. The molecule has 0 fully saturated rings. The highest BCUT2D eigenvalue weighted by Crippen LogP contribution is 1.91. The highest BCUT2D eigenvalue weighted by Gasteiger charge is 2.01. The molecular formula is C14H25IO6. The van der Waals surface area contributed by atoms with Crippen LogP contribution in [0.25, 0.3) is 0 Å². The quantitative estimate of drug-likeness (QED) is 0.133. The fourth-order valence-corrected chi connectivity index (χ4v) is 1.44. The van der Waals surface area contributed by atoms with Crippen molar-refractivity contribution in [3.8, 4) is 0 Å². The number of carbonyl (C=O) groups is 1. The predicted molar refractivity (Wildman–Crippen MR) is 87.9 cm³/mol. The highest BCUT2D eigenvalue weighted by atomic mass is 127. The minimum absolute atomic E-state index is 0.228. The zero-order valence-corrected chi connectivity index (χ0v) is 14.8. The molecular weight excluding hydrogens is 391 g/mol. The number of rotatable bonds is 15. The molecule has 0 rings (SSSR count). The normalized spacial score (nSPS) is 10.6. The third-order valence-electron chi connectivity index (χ3n) is 2.15. The van der Waals surface area contributed by atoms with Gasteiger partial charge in [0.2, 0.25) is 0 Å². The maximum Gasteiger partial charge on any atom is 0.333 e. The second-order valence-corrected chi connectivity index (χ2v) is 5.13. The zero-order valence-electron chi connectivity index (χ0n) is 12.6. The lowest BCUT2D eigenvalue weighted by Crippen LogP contribution is -2.14. The summed E-state index contributed by atoms with van der Waals surface area (Å²) in [4.78, 5) is 11.0. The minimum atomic E-state index is -0.394. The summed E-state index contributed by atoms with van der Waals surface area (Å²) in [6.45, 7) is 9.67. The Balaban J connectivity index is 3.06. The Morgan fingerprint density at radius 1 is 0.810 bits per heavy atom. The van der Waals surface area contributed by atoms with Gasteiger partial charge in [-0.15, -0.1) is 0 Å². The molecule has 0 aromatic heterocycles. The average molecular weight is 416 g/mol. The van der Waals surface area contributed by atoms with E-state index in [1.54, 1.807) is 6.92 Å². The van der Waals surface area contributed by atoms with E-state index in [1.165, 1.54) is 0 Å². The minimum Gasteiger partial charge on any atom is -0.460 e. The van der Waals surface area contributed by atoms with Gasteiger partial charge in [0.05, 0.1) is 52.9 Å². The van der Waals surface area contributed by atoms with Crippen molar-refractivity contribution in [3.05, 3.63) is 12.2 Å². The SMILES string of the molecule is C=C(C)C(=O)OCCOCCOCCOCCOCCI. The summed E-state index contributed by atoms with van der Waals surface area (Å²) in [7, 11) is 0. The Hall–Kier alpha value is -0.220. The summed E-state index contributed by atoms with van der Waals surface area (Å²) in [5.41, 5.74) is 0.387. The maximum absolute atomic E-state index is 11.0. The molecule has 124 valence electrons. The molecule has 7 heteroatoms. The first-order valence-corrected chi connectivity index (χ1v) is 8.40. The van der Waals surface area contributed by atoms with E-state index in [4.69, 9.17) is 23.7 Å². The van der Waals surface area contributed by atoms with E-state index in [0.29, 0.717) is 51.8 Å². The van der Waals surface area contributed by atoms with Crippen molar-refractivity contribution >= 4 is 28.6 Å². The molecule has 21 heavy (non-hydrogen) atoms. The standard InChI is InChI=1S/C14H25IO6/c1-13(2)14(16)21-12-11-20-10-9-19-8-7-18-6-5-17-4-3-15/h1,3-12H2,2H3. The molecule has 0 heterocycles. The van der Waals surface area contributed by atoms with Gasteiger partial charge < -0.3 is 23.7 Å². The van der Waals surface area contributed by atoms with Crippen LogP contribution in [0.5, 0.6) is 0 Å². The second kappa shape index (κ2) is 16.2. The topological polar surface area (TPSA) is 63.2 Å². The number of carbonyl (C=O) groups excluding carboxylic acids is 1. The Labute approximate surface area is 140 Å². The van der Waals surface area contributed by atoms with E-state index in [0.717, 1.165) is 11.0 Å². The average Bonchev–Trinajstić information content (AvgIpc) is 2.47. The van der Waals surface area contributed by atoms with Gasteiger partial charge in [-0.05, 0) is 6.92 Å². The molecule has 0 saturated heterocycles. The van der Waals surface area contributed by atoms with Gasteiger partial charge in [-0.3, -0.25) is 0 Å². The maximum atomic E-state index is 11.0. The largest absolute Gasteiger partial charge is 0.460 e. The molecule has 0 amide bonds. The summed E-state index contributed by atoms with van der Waals surface area (Å²) in [5.74, 6) is -0.394. The fraction of sp³-hybridized carbons (Fsp3) is 0.786. The van der Waals surface area contributed by atoms with Crippen molar-refractivity contribution in [1.82, 2.24) is 0 Å². The molecule has 0 unspecified atom stereocenters.